The van der Waals surface area contributed by atoms with E-state index in [0.717, 1.165) is 6.54 Å². The van der Waals surface area contributed by atoms with E-state index in [0.29, 0.717) is 112 Å². The zero-order valence-corrected chi connectivity index (χ0v) is 24.9. The van der Waals surface area contributed by atoms with Gasteiger partial charge in [-0.1, -0.05) is 20.8 Å². The van der Waals surface area contributed by atoms with E-state index in [1.807, 2.05) is 7.05 Å². The SMILES string of the molecule is CNCCOCCOCCOCCOCCOCCOCCOCCOCCO[Si](C)(C)C(C)(C)C. The number of likely N-dealkylation sites (N-methyl/N-ethyl adjacent to an activating group) is 1. The Bertz CT molecular complexity index is 454. The van der Waals surface area contributed by atoms with E-state index in [9.17, 15) is 0 Å². The lowest BCUT2D eigenvalue weighted by Crippen LogP contribution is -2.41. The maximum absolute atomic E-state index is 6.07. The quantitative estimate of drug-likeness (QED) is 0.117. The predicted octanol–water partition coefficient (Wildman–Crippen LogP) is 2.36. The smallest absolute Gasteiger partial charge is 0.192 e. The Morgan fingerprint density at radius 1 is 0.444 bits per heavy atom. The summed E-state index contributed by atoms with van der Waals surface area (Å²) in [5, 5.41) is 3.25. The predicted molar refractivity (Wildman–Crippen MR) is 144 cm³/mol. The normalized spacial score (nSPS) is 12.5. The van der Waals surface area contributed by atoms with Crippen LogP contribution in [0, 0.1) is 0 Å². The third kappa shape index (κ3) is 24.2. The molecule has 36 heavy (non-hydrogen) atoms. The molecule has 0 rings (SSSR count). The molecule has 0 spiro atoms. The Morgan fingerprint density at radius 3 is 0.944 bits per heavy atom. The first-order valence-corrected chi connectivity index (χ1v) is 16.1. The van der Waals surface area contributed by atoms with E-state index in [-0.39, 0.29) is 5.04 Å². The molecule has 0 radical (unpaired) electrons. The van der Waals surface area contributed by atoms with Crippen molar-refractivity contribution in [3.05, 3.63) is 0 Å². The van der Waals surface area contributed by atoms with Crippen molar-refractivity contribution in [2.45, 2.75) is 38.9 Å². The van der Waals surface area contributed by atoms with Crippen molar-refractivity contribution in [1.29, 1.82) is 0 Å². The number of rotatable bonds is 28. The molecule has 10 nitrogen and oxygen atoms in total. The maximum Gasteiger partial charge on any atom is 0.192 e. The second-order valence-corrected chi connectivity index (χ2v) is 14.4. The minimum Gasteiger partial charge on any atom is -0.414 e. The molecule has 0 bridgehead atoms. The van der Waals surface area contributed by atoms with Crippen molar-refractivity contribution in [1.82, 2.24) is 5.32 Å². The van der Waals surface area contributed by atoms with Crippen LogP contribution in [0.1, 0.15) is 20.8 Å². The third-order valence-electron chi connectivity index (χ3n) is 5.60. The van der Waals surface area contributed by atoms with Gasteiger partial charge in [-0.05, 0) is 25.2 Å². The largest absolute Gasteiger partial charge is 0.414 e. The number of hydrogen-bond acceptors (Lipinski definition) is 10. The van der Waals surface area contributed by atoms with Crippen LogP contribution >= 0.6 is 0 Å². The van der Waals surface area contributed by atoms with Crippen molar-refractivity contribution in [3.8, 4) is 0 Å². The summed E-state index contributed by atoms with van der Waals surface area (Å²) in [6, 6.07) is 0. The summed E-state index contributed by atoms with van der Waals surface area (Å²) in [6.07, 6.45) is 0. The van der Waals surface area contributed by atoms with Gasteiger partial charge in [0.25, 0.3) is 0 Å². The molecule has 0 heterocycles. The van der Waals surface area contributed by atoms with Gasteiger partial charge < -0.3 is 47.6 Å². The molecule has 0 aromatic carbocycles. The van der Waals surface area contributed by atoms with Crippen LogP contribution in [0.25, 0.3) is 0 Å². The van der Waals surface area contributed by atoms with E-state index in [1.165, 1.54) is 0 Å². The van der Waals surface area contributed by atoms with Gasteiger partial charge in [0.1, 0.15) is 0 Å². The van der Waals surface area contributed by atoms with Gasteiger partial charge in [0.2, 0.25) is 0 Å². The maximum atomic E-state index is 6.07. The van der Waals surface area contributed by atoms with E-state index in [4.69, 9.17) is 42.3 Å². The second-order valence-electron chi connectivity index (χ2n) is 9.61. The van der Waals surface area contributed by atoms with Gasteiger partial charge in [-0.2, -0.15) is 0 Å². The van der Waals surface area contributed by atoms with E-state index >= 15 is 0 Å². The van der Waals surface area contributed by atoms with Crippen LogP contribution in [0.2, 0.25) is 18.1 Å². The fraction of sp³-hybridized carbons (Fsp3) is 1.00. The topological polar surface area (TPSA) is 95.1 Å². The highest BCUT2D eigenvalue weighted by molar-refractivity contribution is 6.74. The van der Waals surface area contributed by atoms with E-state index in [1.54, 1.807) is 0 Å². The lowest BCUT2D eigenvalue weighted by Gasteiger charge is -2.36. The van der Waals surface area contributed by atoms with Crippen LogP contribution in [0.4, 0.5) is 0 Å². The highest BCUT2D eigenvalue weighted by atomic mass is 28.4. The van der Waals surface area contributed by atoms with Crippen molar-refractivity contribution in [2.75, 3.05) is 126 Å². The third-order valence-corrected chi connectivity index (χ3v) is 10.1. The molecule has 0 aliphatic rings. The summed E-state index contributed by atoms with van der Waals surface area (Å²) in [6.45, 7) is 21.7. The summed E-state index contributed by atoms with van der Waals surface area (Å²) in [4.78, 5) is 0. The molecular weight excluding hydrogens is 486 g/mol. The van der Waals surface area contributed by atoms with Gasteiger partial charge in [-0.15, -0.1) is 0 Å². The molecule has 0 aliphatic carbocycles. The Morgan fingerprint density at radius 2 is 0.694 bits per heavy atom. The molecule has 0 atom stereocenters. The van der Waals surface area contributed by atoms with Gasteiger partial charge >= 0.3 is 0 Å². The van der Waals surface area contributed by atoms with Crippen molar-refractivity contribution >= 4 is 8.32 Å². The molecule has 0 amide bonds. The van der Waals surface area contributed by atoms with Gasteiger partial charge in [-0.25, -0.2) is 0 Å². The average Bonchev–Trinajstić information content (AvgIpc) is 2.82. The fourth-order valence-electron chi connectivity index (χ4n) is 2.39. The lowest BCUT2D eigenvalue weighted by atomic mass is 10.2. The summed E-state index contributed by atoms with van der Waals surface area (Å²) in [7, 11) is 0.215. The Kier molecular flexibility index (Phi) is 25.0. The Hall–Kier alpha value is -0.183. The standard InChI is InChI=1S/C25H55NO9Si/c1-25(2,3)36(5,6)35-24-23-34-22-21-33-20-19-32-18-17-31-16-15-30-14-13-29-12-11-28-10-9-27-8-7-26-4/h26H,7-24H2,1-6H3. The number of ether oxygens (including phenoxy) is 8. The molecule has 11 heteroatoms. The molecule has 1 N–H and O–H groups in total. The first-order chi connectivity index (χ1) is 17.3. The van der Waals surface area contributed by atoms with Crippen LogP contribution in [0.15, 0.2) is 0 Å². The van der Waals surface area contributed by atoms with E-state index in [2.05, 4.69) is 39.2 Å². The van der Waals surface area contributed by atoms with Gasteiger partial charge in [-0.3, -0.25) is 0 Å². The molecule has 0 unspecified atom stereocenters. The van der Waals surface area contributed by atoms with Crippen LogP contribution in [0.3, 0.4) is 0 Å². The minimum atomic E-state index is -1.68. The van der Waals surface area contributed by atoms with E-state index < -0.39 is 8.32 Å². The van der Waals surface area contributed by atoms with Crippen LogP contribution in [-0.4, -0.2) is 134 Å². The summed E-state index contributed by atoms with van der Waals surface area (Å²) in [5.74, 6) is 0. The summed E-state index contributed by atoms with van der Waals surface area (Å²) < 4.78 is 49.8. The van der Waals surface area contributed by atoms with Crippen molar-refractivity contribution < 1.29 is 42.3 Å². The molecule has 0 aliphatic heterocycles. The van der Waals surface area contributed by atoms with Gasteiger partial charge in [0, 0.05) is 6.54 Å². The van der Waals surface area contributed by atoms with Crippen LogP contribution in [0.5, 0.6) is 0 Å². The molecule has 0 saturated heterocycles. The number of nitrogens with one attached hydrogen (secondary N) is 1. The Labute approximate surface area is 221 Å². The first kappa shape index (κ1) is 35.8. The average molecular weight is 542 g/mol. The molecule has 0 saturated carbocycles. The van der Waals surface area contributed by atoms with Gasteiger partial charge in [0.15, 0.2) is 8.32 Å². The lowest BCUT2D eigenvalue weighted by molar-refractivity contribution is -0.0236. The number of hydrogen-bond donors (Lipinski definition) is 1. The molecular formula is C25H55NO9Si. The zero-order chi connectivity index (χ0) is 26.8. The fourth-order valence-corrected chi connectivity index (χ4v) is 3.41. The second kappa shape index (κ2) is 25.1. The molecule has 0 aromatic rings. The zero-order valence-electron chi connectivity index (χ0n) is 23.9. The molecule has 0 fully saturated rings. The summed E-state index contributed by atoms with van der Waals surface area (Å²) in [5.41, 5.74) is 0. The first-order valence-electron chi connectivity index (χ1n) is 13.2. The van der Waals surface area contributed by atoms with Crippen LogP contribution in [-0.2, 0) is 42.3 Å². The van der Waals surface area contributed by atoms with Gasteiger partial charge in [0.05, 0.1) is 112 Å². The minimum absolute atomic E-state index is 0.225. The molecule has 218 valence electrons. The Balaban J connectivity index is 3.13. The highest BCUT2D eigenvalue weighted by Crippen LogP contribution is 2.36. The van der Waals surface area contributed by atoms with Crippen molar-refractivity contribution in [3.63, 3.8) is 0 Å². The van der Waals surface area contributed by atoms with Crippen LogP contribution < -0.4 is 5.32 Å². The highest BCUT2D eigenvalue weighted by Gasteiger charge is 2.36. The summed E-state index contributed by atoms with van der Waals surface area (Å²) >= 11 is 0. The van der Waals surface area contributed by atoms with Crippen molar-refractivity contribution in [2.24, 2.45) is 0 Å². The molecule has 0 aromatic heterocycles. The monoisotopic (exact) mass is 541 g/mol.